The van der Waals surface area contributed by atoms with E-state index in [0.29, 0.717) is 16.9 Å². The van der Waals surface area contributed by atoms with Crippen LogP contribution < -0.4 is 9.47 Å². The first-order valence-corrected chi connectivity index (χ1v) is 10.2. The summed E-state index contributed by atoms with van der Waals surface area (Å²) in [6.45, 7) is 1.41. The molecule has 0 aliphatic rings. The van der Waals surface area contributed by atoms with Crippen LogP contribution in [0.4, 0.5) is 13.2 Å². The number of halogens is 3. The lowest BCUT2D eigenvalue weighted by atomic mass is 9.93. The van der Waals surface area contributed by atoms with Crippen molar-refractivity contribution >= 4 is 5.97 Å². The van der Waals surface area contributed by atoms with Gasteiger partial charge in [0, 0.05) is 11.1 Å². The van der Waals surface area contributed by atoms with Crippen molar-refractivity contribution in [2.24, 2.45) is 0 Å². The highest BCUT2D eigenvalue weighted by Gasteiger charge is 2.31. The number of rotatable bonds is 8. The lowest BCUT2D eigenvalue weighted by molar-refractivity contribution is -0.137. The predicted octanol–water partition coefficient (Wildman–Crippen LogP) is 5.60. The molecule has 0 saturated heterocycles. The summed E-state index contributed by atoms with van der Waals surface area (Å²) in [6.07, 6.45) is -4.54. The number of carbonyl (C=O) groups is 1. The molecule has 0 radical (unpaired) electrons. The van der Waals surface area contributed by atoms with Crippen LogP contribution in [-0.2, 0) is 10.9 Å². The van der Waals surface area contributed by atoms with Crippen LogP contribution >= 0.6 is 0 Å². The number of aliphatic hydroxyl groups is 1. The number of hydrogen-bond acceptors (Lipinski definition) is 5. The Kier molecular flexibility index (Phi) is 7.60. The van der Waals surface area contributed by atoms with Crippen LogP contribution in [0.1, 0.15) is 22.8 Å². The zero-order chi connectivity index (χ0) is 24.0. The quantitative estimate of drug-likeness (QED) is 0.444. The first-order chi connectivity index (χ1) is 15.8. The van der Waals surface area contributed by atoms with Gasteiger partial charge in [0.1, 0.15) is 18.1 Å². The zero-order valence-corrected chi connectivity index (χ0v) is 18.1. The first-order valence-electron chi connectivity index (χ1n) is 10.2. The Hall–Kier alpha value is -3.52. The number of carbonyl (C=O) groups excluding carboxylic acids is 1. The Morgan fingerprint density at radius 3 is 2.21 bits per heavy atom. The topological polar surface area (TPSA) is 65.0 Å². The third-order valence-corrected chi connectivity index (χ3v) is 4.84. The molecule has 0 fully saturated rings. The van der Waals surface area contributed by atoms with Crippen molar-refractivity contribution in [2.75, 3.05) is 26.9 Å². The minimum Gasteiger partial charge on any atom is -0.497 e. The minimum absolute atomic E-state index is 0.0894. The van der Waals surface area contributed by atoms with Crippen molar-refractivity contribution in [2.45, 2.75) is 13.1 Å². The van der Waals surface area contributed by atoms with Gasteiger partial charge in [-0.15, -0.1) is 0 Å². The van der Waals surface area contributed by atoms with E-state index in [1.54, 1.807) is 37.3 Å². The van der Waals surface area contributed by atoms with Gasteiger partial charge in [0.25, 0.3) is 0 Å². The first kappa shape index (κ1) is 24.1. The van der Waals surface area contributed by atoms with E-state index in [-0.39, 0.29) is 42.3 Å². The maximum Gasteiger partial charge on any atom is 0.416 e. The van der Waals surface area contributed by atoms with Gasteiger partial charge in [-0.2, -0.15) is 13.2 Å². The number of alkyl halides is 3. The Balaban J connectivity index is 2.29. The highest BCUT2D eigenvalue weighted by molar-refractivity contribution is 5.96. The second-order valence-corrected chi connectivity index (χ2v) is 7.00. The normalized spacial score (nSPS) is 11.2. The molecule has 0 unspecified atom stereocenters. The summed E-state index contributed by atoms with van der Waals surface area (Å²) in [5.41, 5.74) is 0.906. The third kappa shape index (κ3) is 5.64. The summed E-state index contributed by atoms with van der Waals surface area (Å²) in [4.78, 5) is 12.6. The fourth-order valence-electron chi connectivity index (χ4n) is 3.33. The van der Waals surface area contributed by atoms with E-state index in [4.69, 9.17) is 14.2 Å². The largest absolute Gasteiger partial charge is 0.497 e. The summed E-state index contributed by atoms with van der Waals surface area (Å²) in [5, 5.41) is 9.32. The van der Waals surface area contributed by atoms with Crippen LogP contribution in [-0.4, -0.2) is 38.0 Å². The van der Waals surface area contributed by atoms with Crippen LogP contribution in [0.15, 0.2) is 60.7 Å². The van der Waals surface area contributed by atoms with Crippen LogP contribution in [0.5, 0.6) is 11.5 Å². The van der Waals surface area contributed by atoms with Crippen molar-refractivity contribution in [3.63, 3.8) is 0 Å². The molecule has 0 aromatic heterocycles. The molecule has 0 aliphatic heterocycles. The monoisotopic (exact) mass is 460 g/mol. The molecular formula is C25H23F3O5. The van der Waals surface area contributed by atoms with E-state index >= 15 is 0 Å². The maximum atomic E-state index is 13.4. The van der Waals surface area contributed by atoms with Crippen molar-refractivity contribution in [3.8, 4) is 33.8 Å². The smallest absolute Gasteiger partial charge is 0.416 e. The summed E-state index contributed by atoms with van der Waals surface area (Å²) in [7, 11) is 1.53. The highest BCUT2D eigenvalue weighted by atomic mass is 19.4. The van der Waals surface area contributed by atoms with Crippen molar-refractivity contribution in [3.05, 3.63) is 71.8 Å². The van der Waals surface area contributed by atoms with Gasteiger partial charge in [-0.05, 0) is 54.4 Å². The molecule has 3 aromatic rings. The van der Waals surface area contributed by atoms with Crippen LogP contribution in [0.25, 0.3) is 22.3 Å². The summed E-state index contributed by atoms with van der Waals surface area (Å²) >= 11 is 0. The minimum atomic E-state index is -4.54. The lowest BCUT2D eigenvalue weighted by Crippen LogP contribution is -2.09. The van der Waals surface area contributed by atoms with Gasteiger partial charge >= 0.3 is 12.1 Å². The van der Waals surface area contributed by atoms with E-state index in [1.165, 1.54) is 25.3 Å². The number of ether oxygens (including phenoxy) is 3. The van der Waals surface area contributed by atoms with Gasteiger partial charge < -0.3 is 19.3 Å². The summed E-state index contributed by atoms with van der Waals surface area (Å²) in [6, 6.07) is 14.7. The predicted molar refractivity (Wildman–Crippen MR) is 117 cm³/mol. The molecular weight excluding hydrogens is 437 g/mol. The van der Waals surface area contributed by atoms with E-state index in [1.807, 2.05) is 0 Å². The Morgan fingerprint density at radius 1 is 0.970 bits per heavy atom. The van der Waals surface area contributed by atoms with E-state index < -0.39 is 17.7 Å². The maximum absolute atomic E-state index is 13.4. The Labute approximate surface area is 189 Å². The van der Waals surface area contributed by atoms with Gasteiger partial charge in [-0.25, -0.2) is 4.79 Å². The van der Waals surface area contributed by atoms with Gasteiger partial charge in [0.05, 0.1) is 31.5 Å². The molecule has 3 rings (SSSR count). The molecule has 0 aliphatic carbocycles. The summed E-state index contributed by atoms with van der Waals surface area (Å²) < 4.78 is 56.2. The number of benzene rings is 3. The number of aliphatic hydroxyl groups excluding tert-OH is 1. The van der Waals surface area contributed by atoms with Gasteiger partial charge in [0.15, 0.2) is 0 Å². The van der Waals surface area contributed by atoms with E-state index in [2.05, 4.69) is 0 Å². The van der Waals surface area contributed by atoms with Crippen molar-refractivity contribution in [1.29, 1.82) is 0 Å². The molecule has 0 spiro atoms. The molecule has 174 valence electrons. The van der Waals surface area contributed by atoms with E-state index in [0.717, 1.165) is 12.1 Å². The molecule has 8 heteroatoms. The average Bonchev–Trinajstić information content (AvgIpc) is 2.82. The standard InChI is InChI=1S/C25H23F3O5/c1-3-32-24(30)18-14-21(16-7-9-20(31-2)10-8-16)23(33-12-11-29)22(15-18)17-5-4-6-19(13-17)25(26,27)28/h4-10,13-15,29H,3,11-12H2,1-2H3. The molecule has 3 aromatic carbocycles. The SMILES string of the molecule is CCOC(=O)c1cc(-c2ccc(OC)cc2)c(OCCO)c(-c2cccc(C(F)(F)F)c2)c1. The second-order valence-electron chi connectivity index (χ2n) is 7.00. The fourth-order valence-corrected chi connectivity index (χ4v) is 3.33. The van der Waals surface area contributed by atoms with Crippen LogP contribution in [0.3, 0.4) is 0 Å². The van der Waals surface area contributed by atoms with Gasteiger partial charge in [-0.3, -0.25) is 0 Å². The average molecular weight is 460 g/mol. The lowest BCUT2D eigenvalue weighted by Gasteiger charge is -2.19. The molecule has 0 heterocycles. The number of hydrogen-bond donors (Lipinski definition) is 1. The molecule has 1 N–H and O–H groups in total. The van der Waals surface area contributed by atoms with E-state index in [9.17, 15) is 23.1 Å². The third-order valence-electron chi connectivity index (χ3n) is 4.84. The number of esters is 1. The Morgan fingerprint density at radius 2 is 1.64 bits per heavy atom. The molecule has 0 atom stereocenters. The highest BCUT2D eigenvalue weighted by Crippen LogP contribution is 2.42. The zero-order valence-electron chi connectivity index (χ0n) is 18.1. The van der Waals surface area contributed by atoms with Crippen LogP contribution in [0.2, 0.25) is 0 Å². The molecule has 0 bridgehead atoms. The molecule has 0 saturated carbocycles. The Bertz CT molecular complexity index is 1110. The molecule has 5 nitrogen and oxygen atoms in total. The fraction of sp³-hybridized carbons (Fsp3) is 0.240. The van der Waals surface area contributed by atoms with Crippen molar-refractivity contribution < 1.29 is 37.3 Å². The number of methoxy groups -OCH3 is 1. The van der Waals surface area contributed by atoms with Gasteiger partial charge in [0.2, 0.25) is 0 Å². The summed E-state index contributed by atoms with van der Waals surface area (Å²) in [5.74, 6) is 0.229. The van der Waals surface area contributed by atoms with Crippen LogP contribution in [0, 0.1) is 0 Å². The molecule has 0 amide bonds. The second kappa shape index (κ2) is 10.4. The van der Waals surface area contributed by atoms with Crippen molar-refractivity contribution in [1.82, 2.24) is 0 Å². The molecule has 33 heavy (non-hydrogen) atoms. The van der Waals surface area contributed by atoms with Gasteiger partial charge in [-0.1, -0.05) is 24.3 Å².